The Bertz CT molecular complexity index is 900. The molecule has 0 aliphatic carbocycles. The van der Waals surface area contributed by atoms with E-state index in [0.717, 1.165) is 0 Å². The summed E-state index contributed by atoms with van der Waals surface area (Å²) in [6, 6.07) is 4.64. The number of hydrogen-bond donors (Lipinski definition) is 4. The lowest BCUT2D eigenvalue weighted by atomic mass is 9.98. The van der Waals surface area contributed by atoms with E-state index >= 15 is 0 Å². The maximum absolute atomic E-state index is 14.5. The highest BCUT2D eigenvalue weighted by atomic mass is 19.1. The van der Waals surface area contributed by atoms with Crippen molar-refractivity contribution in [1.82, 2.24) is 10.3 Å². The van der Waals surface area contributed by atoms with Gasteiger partial charge in [0.05, 0.1) is 24.5 Å². The predicted octanol–water partition coefficient (Wildman–Crippen LogP) is 2.64. The van der Waals surface area contributed by atoms with Gasteiger partial charge in [-0.25, -0.2) is 4.39 Å². The van der Waals surface area contributed by atoms with Crippen molar-refractivity contribution >= 4 is 29.3 Å². The normalized spacial score (nSPS) is 16.0. The minimum absolute atomic E-state index is 0.297. The van der Waals surface area contributed by atoms with Crippen LogP contribution in [0.15, 0.2) is 30.5 Å². The molecular formula is C20H22FN3O3. The van der Waals surface area contributed by atoms with E-state index < -0.39 is 11.9 Å². The Morgan fingerprint density at radius 1 is 1.37 bits per heavy atom. The van der Waals surface area contributed by atoms with E-state index in [2.05, 4.69) is 15.6 Å². The number of amides is 1. The van der Waals surface area contributed by atoms with Crippen LogP contribution in [0.25, 0.3) is 17.7 Å². The van der Waals surface area contributed by atoms with Gasteiger partial charge in [-0.15, -0.1) is 0 Å². The van der Waals surface area contributed by atoms with Crippen LogP contribution >= 0.6 is 0 Å². The maximum Gasteiger partial charge on any atom is 0.256 e. The second kappa shape index (κ2) is 8.20. The van der Waals surface area contributed by atoms with Crippen LogP contribution in [0, 0.1) is 5.82 Å². The summed E-state index contributed by atoms with van der Waals surface area (Å²) in [5, 5.41) is 15.1. The third kappa shape index (κ3) is 4.10. The molecule has 1 unspecified atom stereocenters. The smallest absolute Gasteiger partial charge is 0.256 e. The molecule has 1 atom stereocenters. The van der Waals surface area contributed by atoms with Gasteiger partial charge < -0.3 is 25.5 Å². The molecule has 1 aliphatic rings. The summed E-state index contributed by atoms with van der Waals surface area (Å²) >= 11 is 0. The number of carbonyl (C=O) groups is 1. The van der Waals surface area contributed by atoms with Crippen molar-refractivity contribution < 1.29 is 19.0 Å². The minimum atomic E-state index is -0.455. The molecule has 0 bridgehead atoms. The van der Waals surface area contributed by atoms with Crippen LogP contribution in [0.3, 0.4) is 0 Å². The van der Waals surface area contributed by atoms with Crippen molar-refractivity contribution in [3.8, 4) is 5.75 Å². The topological polar surface area (TPSA) is 86.4 Å². The molecule has 1 aromatic heterocycles. The van der Waals surface area contributed by atoms with Gasteiger partial charge in [0.2, 0.25) is 0 Å². The van der Waals surface area contributed by atoms with Gasteiger partial charge in [-0.2, -0.15) is 0 Å². The fourth-order valence-electron chi connectivity index (χ4n) is 2.95. The number of ether oxygens (including phenoxy) is 1. The Morgan fingerprint density at radius 2 is 2.19 bits per heavy atom. The summed E-state index contributed by atoms with van der Waals surface area (Å²) in [6.45, 7) is 2.60. The molecule has 1 amide bonds. The second-order valence-electron chi connectivity index (χ2n) is 6.27. The van der Waals surface area contributed by atoms with Crippen molar-refractivity contribution in [2.24, 2.45) is 0 Å². The van der Waals surface area contributed by atoms with Crippen LogP contribution < -0.4 is 15.4 Å². The lowest BCUT2D eigenvalue weighted by Gasteiger charge is -2.07. The summed E-state index contributed by atoms with van der Waals surface area (Å²) < 4.78 is 19.8. The van der Waals surface area contributed by atoms with Crippen molar-refractivity contribution in [2.75, 3.05) is 25.5 Å². The average molecular weight is 371 g/mol. The minimum Gasteiger partial charge on any atom is -0.495 e. The van der Waals surface area contributed by atoms with E-state index in [9.17, 15) is 14.3 Å². The summed E-state index contributed by atoms with van der Waals surface area (Å²) in [5.74, 6) is -0.116. The molecule has 1 aromatic carbocycles. The molecule has 0 fully saturated rings. The van der Waals surface area contributed by atoms with Crippen LogP contribution in [0.1, 0.15) is 23.7 Å². The first-order chi connectivity index (χ1) is 13.0. The van der Waals surface area contributed by atoms with Crippen molar-refractivity contribution in [3.63, 3.8) is 0 Å². The Balaban J connectivity index is 1.95. The molecule has 142 valence electrons. The van der Waals surface area contributed by atoms with Gasteiger partial charge in [0, 0.05) is 36.1 Å². The van der Waals surface area contributed by atoms with Crippen LogP contribution in [-0.2, 0) is 4.79 Å². The predicted molar refractivity (Wildman–Crippen MR) is 104 cm³/mol. The van der Waals surface area contributed by atoms with E-state index in [1.54, 1.807) is 50.6 Å². The van der Waals surface area contributed by atoms with Gasteiger partial charge in [0.25, 0.3) is 5.91 Å². The standard InChI is InChI=1S/C20H22FN3O3/c1-12(25)11-22-8-3-4-13-15(21)5-6-16-19(13)14(20(26)24-16)10-17-18(27-2)7-9-23-17/h3-7,9-10,12,22-23,25H,8,11H2,1-2H3,(H,24,26). The number of hydrogen-bond acceptors (Lipinski definition) is 4. The molecule has 6 nitrogen and oxygen atoms in total. The molecule has 2 aromatic rings. The number of aromatic nitrogens is 1. The molecule has 27 heavy (non-hydrogen) atoms. The fraction of sp³-hybridized carbons (Fsp3) is 0.250. The van der Waals surface area contributed by atoms with Gasteiger partial charge in [-0.05, 0) is 31.2 Å². The first-order valence-corrected chi connectivity index (χ1v) is 8.64. The molecule has 0 radical (unpaired) electrons. The molecule has 0 saturated carbocycles. The zero-order valence-corrected chi connectivity index (χ0v) is 15.2. The SMILES string of the molecule is COc1cc[nH]c1C=C1C(=O)Nc2ccc(F)c(C=CCNCC(C)O)c21. The highest BCUT2D eigenvalue weighted by molar-refractivity contribution is 6.35. The van der Waals surface area contributed by atoms with Crippen molar-refractivity contribution in [3.05, 3.63) is 53.1 Å². The number of methoxy groups -OCH3 is 1. The molecule has 0 saturated heterocycles. The van der Waals surface area contributed by atoms with E-state index in [4.69, 9.17) is 4.74 Å². The number of aromatic amines is 1. The van der Waals surface area contributed by atoms with Gasteiger partial charge >= 0.3 is 0 Å². The molecule has 3 rings (SSSR count). The zero-order valence-electron chi connectivity index (χ0n) is 15.2. The number of aliphatic hydroxyl groups is 1. The highest BCUT2D eigenvalue weighted by Crippen LogP contribution is 2.38. The van der Waals surface area contributed by atoms with Crippen LogP contribution in [0.2, 0.25) is 0 Å². The number of aliphatic hydroxyl groups excluding tert-OH is 1. The van der Waals surface area contributed by atoms with Gasteiger partial charge in [0.15, 0.2) is 0 Å². The largest absolute Gasteiger partial charge is 0.495 e. The van der Waals surface area contributed by atoms with Gasteiger partial charge in [0.1, 0.15) is 11.6 Å². The van der Waals surface area contributed by atoms with Gasteiger partial charge in [-0.3, -0.25) is 4.79 Å². The van der Waals surface area contributed by atoms with Crippen molar-refractivity contribution in [2.45, 2.75) is 13.0 Å². The summed E-state index contributed by atoms with van der Waals surface area (Å²) in [7, 11) is 1.54. The Morgan fingerprint density at radius 3 is 2.93 bits per heavy atom. The zero-order chi connectivity index (χ0) is 19.4. The Kier molecular flexibility index (Phi) is 5.73. The summed E-state index contributed by atoms with van der Waals surface area (Å²) in [4.78, 5) is 15.5. The third-order valence-electron chi connectivity index (χ3n) is 4.19. The van der Waals surface area contributed by atoms with Crippen LogP contribution in [0.4, 0.5) is 10.1 Å². The van der Waals surface area contributed by atoms with Crippen molar-refractivity contribution in [1.29, 1.82) is 0 Å². The Hall–Kier alpha value is -2.90. The maximum atomic E-state index is 14.5. The van der Waals surface area contributed by atoms with Crippen LogP contribution in [0.5, 0.6) is 5.75 Å². The highest BCUT2D eigenvalue weighted by Gasteiger charge is 2.28. The number of fused-ring (bicyclic) bond motifs is 1. The van der Waals surface area contributed by atoms with Crippen LogP contribution in [-0.4, -0.2) is 42.3 Å². The number of anilines is 1. The fourth-order valence-corrected chi connectivity index (χ4v) is 2.95. The molecular weight excluding hydrogens is 349 g/mol. The average Bonchev–Trinajstić information content (AvgIpc) is 3.21. The molecule has 7 heteroatoms. The van der Waals surface area contributed by atoms with E-state index in [-0.39, 0.29) is 5.91 Å². The van der Waals surface area contributed by atoms with E-state index in [1.807, 2.05) is 0 Å². The monoisotopic (exact) mass is 371 g/mol. The molecule has 0 spiro atoms. The number of H-pyrrole nitrogens is 1. The molecule has 1 aliphatic heterocycles. The Labute approximate surface area is 156 Å². The molecule has 2 heterocycles. The first-order valence-electron chi connectivity index (χ1n) is 8.64. The quantitative estimate of drug-likeness (QED) is 0.445. The van der Waals surface area contributed by atoms with E-state index in [0.29, 0.717) is 46.9 Å². The lowest BCUT2D eigenvalue weighted by molar-refractivity contribution is -0.110. The van der Waals surface area contributed by atoms with Gasteiger partial charge in [-0.1, -0.05) is 12.2 Å². The number of nitrogens with one attached hydrogen (secondary N) is 3. The number of rotatable bonds is 7. The third-order valence-corrected chi connectivity index (χ3v) is 4.19. The number of benzene rings is 1. The number of carbonyl (C=O) groups excluding carboxylic acids is 1. The lowest BCUT2D eigenvalue weighted by Crippen LogP contribution is -2.24. The molecule has 4 N–H and O–H groups in total. The summed E-state index contributed by atoms with van der Waals surface area (Å²) in [5.41, 5.74) is 2.41. The number of halogens is 1. The summed E-state index contributed by atoms with van der Waals surface area (Å²) in [6.07, 6.45) is 6.31. The van der Waals surface area contributed by atoms with E-state index in [1.165, 1.54) is 6.07 Å². The first kappa shape index (κ1) is 18.9. The second-order valence-corrected chi connectivity index (χ2v) is 6.27.